The van der Waals surface area contributed by atoms with Gasteiger partial charge in [0.25, 0.3) is 0 Å². The normalized spacial score (nSPS) is 18.9. The summed E-state index contributed by atoms with van der Waals surface area (Å²) in [7, 11) is 0. The van der Waals surface area contributed by atoms with Crippen LogP contribution in [0.4, 0.5) is 19.0 Å². The fourth-order valence-corrected chi connectivity index (χ4v) is 2.99. The average molecular weight is 452 g/mol. The first-order valence-electron chi connectivity index (χ1n) is 8.00. The van der Waals surface area contributed by atoms with Crippen LogP contribution in [0.25, 0.3) is 0 Å². The maximum Gasteiger partial charge on any atom is 0.417 e. The molecule has 3 N–H and O–H groups in total. The van der Waals surface area contributed by atoms with E-state index in [1.165, 1.54) is 0 Å². The first kappa shape index (κ1) is 26.0. The third-order valence-corrected chi connectivity index (χ3v) is 4.75. The SMILES string of the molecule is CC1(C)CN(C(=O)CCNc2ncc(C(F)(F)F)cc2Cl)CCC1N.Cl.Cl. The molecule has 1 fully saturated rings. The van der Waals surface area contributed by atoms with Crippen LogP contribution >= 0.6 is 36.4 Å². The lowest BCUT2D eigenvalue weighted by Gasteiger charge is -2.42. The highest BCUT2D eigenvalue weighted by Crippen LogP contribution is 2.32. The van der Waals surface area contributed by atoms with E-state index in [1.807, 2.05) is 13.8 Å². The summed E-state index contributed by atoms with van der Waals surface area (Å²) in [4.78, 5) is 17.7. The minimum atomic E-state index is -4.49. The van der Waals surface area contributed by atoms with Crippen LogP contribution in [0.5, 0.6) is 0 Å². The van der Waals surface area contributed by atoms with E-state index in [9.17, 15) is 18.0 Å². The molecule has 0 aromatic carbocycles. The maximum absolute atomic E-state index is 12.6. The molecule has 0 bridgehead atoms. The predicted octanol–water partition coefficient (Wildman–Crippen LogP) is 3.99. The second-order valence-corrected chi connectivity index (χ2v) is 7.34. The monoisotopic (exact) mass is 450 g/mol. The first-order chi connectivity index (χ1) is 11.5. The van der Waals surface area contributed by atoms with Crippen molar-refractivity contribution in [2.75, 3.05) is 25.0 Å². The van der Waals surface area contributed by atoms with E-state index in [2.05, 4.69) is 10.3 Å². The minimum absolute atomic E-state index is 0. The molecule has 5 nitrogen and oxygen atoms in total. The summed E-state index contributed by atoms with van der Waals surface area (Å²) in [6.07, 6.45) is -2.83. The van der Waals surface area contributed by atoms with Crippen LogP contribution in [-0.4, -0.2) is 41.5 Å². The van der Waals surface area contributed by atoms with Crippen LogP contribution in [0.3, 0.4) is 0 Å². The summed E-state index contributed by atoms with van der Waals surface area (Å²) in [5.74, 6) is 0.0963. The molecule has 1 unspecified atom stereocenters. The van der Waals surface area contributed by atoms with E-state index in [0.29, 0.717) is 19.3 Å². The van der Waals surface area contributed by atoms with Crippen LogP contribution in [-0.2, 0) is 11.0 Å². The first-order valence-corrected chi connectivity index (χ1v) is 8.38. The van der Waals surface area contributed by atoms with E-state index < -0.39 is 11.7 Å². The largest absolute Gasteiger partial charge is 0.417 e. The Labute approximate surface area is 174 Å². The molecule has 0 radical (unpaired) electrons. The molecule has 2 rings (SSSR count). The van der Waals surface area contributed by atoms with Crippen molar-refractivity contribution in [2.45, 2.75) is 38.9 Å². The van der Waals surface area contributed by atoms with E-state index in [-0.39, 0.29) is 66.0 Å². The molecule has 1 atom stereocenters. The number of nitrogens with zero attached hydrogens (tertiary/aromatic N) is 2. The number of likely N-dealkylation sites (tertiary alicyclic amines) is 1. The van der Waals surface area contributed by atoms with Crippen LogP contribution in [0.1, 0.15) is 32.3 Å². The highest BCUT2D eigenvalue weighted by Gasteiger charge is 2.35. The van der Waals surface area contributed by atoms with Crippen molar-refractivity contribution in [1.82, 2.24) is 9.88 Å². The highest BCUT2D eigenvalue weighted by atomic mass is 35.5. The molecule has 1 amide bonds. The van der Waals surface area contributed by atoms with E-state index in [0.717, 1.165) is 12.5 Å². The predicted molar refractivity (Wildman–Crippen MR) is 105 cm³/mol. The molecule has 1 aliphatic rings. The Morgan fingerprint density at radius 3 is 2.59 bits per heavy atom. The zero-order chi connectivity index (χ0) is 18.8. The average Bonchev–Trinajstić information content (AvgIpc) is 2.50. The zero-order valence-electron chi connectivity index (χ0n) is 15.0. The number of anilines is 1. The lowest BCUT2D eigenvalue weighted by atomic mass is 9.79. The van der Waals surface area contributed by atoms with Gasteiger partial charge in [0, 0.05) is 38.3 Å². The number of carbonyl (C=O) groups excluding carboxylic acids is 1. The molecule has 11 heteroatoms. The Bertz CT molecular complexity index is 644. The zero-order valence-corrected chi connectivity index (χ0v) is 17.4. The number of carbonyl (C=O) groups is 1. The smallest absolute Gasteiger partial charge is 0.368 e. The summed E-state index contributed by atoms with van der Waals surface area (Å²) in [5.41, 5.74) is 5.01. The number of hydrogen-bond acceptors (Lipinski definition) is 4. The maximum atomic E-state index is 12.6. The molecule has 0 spiro atoms. The Balaban J connectivity index is 0.00000338. The molecule has 0 saturated carbocycles. The van der Waals surface area contributed by atoms with Crippen LogP contribution in [0, 0.1) is 5.41 Å². The molecule has 0 aliphatic carbocycles. The molecular formula is C16H24Cl3F3N4O. The number of aromatic nitrogens is 1. The van der Waals surface area contributed by atoms with Gasteiger partial charge in [-0.3, -0.25) is 4.79 Å². The van der Waals surface area contributed by atoms with Gasteiger partial charge in [0.2, 0.25) is 5.91 Å². The molecule has 2 heterocycles. The number of hydrogen-bond donors (Lipinski definition) is 2. The Morgan fingerprint density at radius 1 is 1.44 bits per heavy atom. The van der Waals surface area contributed by atoms with Crippen molar-refractivity contribution >= 4 is 48.1 Å². The summed E-state index contributed by atoms with van der Waals surface area (Å²) in [5, 5.41) is 2.68. The van der Waals surface area contributed by atoms with E-state index in [1.54, 1.807) is 4.90 Å². The van der Waals surface area contributed by atoms with Crippen molar-refractivity contribution in [3.05, 3.63) is 22.8 Å². The van der Waals surface area contributed by atoms with Crippen LogP contribution in [0.2, 0.25) is 5.02 Å². The fourth-order valence-electron chi connectivity index (χ4n) is 2.76. The van der Waals surface area contributed by atoms with Crippen LogP contribution < -0.4 is 11.1 Å². The van der Waals surface area contributed by atoms with Gasteiger partial charge in [0.05, 0.1) is 10.6 Å². The number of nitrogens with one attached hydrogen (secondary N) is 1. The highest BCUT2D eigenvalue weighted by molar-refractivity contribution is 6.32. The topological polar surface area (TPSA) is 71.2 Å². The van der Waals surface area contributed by atoms with Gasteiger partial charge >= 0.3 is 6.18 Å². The Morgan fingerprint density at radius 2 is 2.07 bits per heavy atom. The molecule has 1 saturated heterocycles. The van der Waals surface area contributed by atoms with Crippen molar-refractivity contribution in [2.24, 2.45) is 11.1 Å². The van der Waals surface area contributed by atoms with Gasteiger partial charge in [0.1, 0.15) is 5.82 Å². The summed E-state index contributed by atoms with van der Waals surface area (Å²) < 4.78 is 37.7. The fraction of sp³-hybridized carbons (Fsp3) is 0.625. The third-order valence-electron chi connectivity index (χ3n) is 4.46. The number of halogens is 6. The van der Waals surface area contributed by atoms with Crippen molar-refractivity contribution in [1.29, 1.82) is 0 Å². The van der Waals surface area contributed by atoms with Crippen molar-refractivity contribution in [3.63, 3.8) is 0 Å². The Hall–Kier alpha value is -0.960. The van der Waals surface area contributed by atoms with Gasteiger partial charge in [-0.05, 0) is 17.9 Å². The summed E-state index contributed by atoms with van der Waals surface area (Å²) >= 11 is 5.82. The number of alkyl halides is 3. The van der Waals surface area contributed by atoms with Gasteiger partial charge in [-0.2, -0.15) is 13.2 Å². The molecule has 27 heavy (non-hydrogen) atoms. The number of nitrogens with two attached hydrogens (primary N) is 1. The van der Waals surface area contributed by atoms with Gasteiger partial charge in [-0.25, -0.2) is 4.98 Å². The Kier molecular flexibility index (Phi) is 9.64. The van der Waals surface area contributed by atoms with Gasteiger partial charge in [-0.15, -0.1) is 24.8 Å². The lowest BCUT2D eigenvalue weighted by Crippen LogP contribution is -2.54. The molecule has 1 aromatic heterocycles. The molecule has 156 valence electrons. The lowest BCUT2D eigenvalue weighted by molar-refractivity contribution is -0.137. The molecule has 1 aliphatic heterocycles. The molecular weight excluding hydrogens is 428 g/mol. The quantitative estimate of drug-likeness (QED) is 0.726. The van der Waals surface area contributed by atoms with Crippen molar-refractivity contribution in [3.8, 4) is 0 Å². The second kappa shape index (κ2) is 10.0. The second-order valence-electron chi connectivity index (χ2n) is 6.93. The standard InChI is InChI=1S/C16H22ClF3N4O.2ClH/c1-15(2)9-24(6-4-12(15)21)13(25)3-5-22-14-11(17)7-10(8-23-14)16(18,19)20;;/h7-8,12H,3-6,9,21H2,1-2H3,(H,22,23);2*1H. The number of pyridine rings is 1. The third kappa shape index (κ3) is 6.85. The minimum Gasteiger partial charge on any atom is -0.368 e. The summed E-state index contributed by atoms with van der Waals surface area (Å²) in [6.45, 7) is 5.50. The van der Waals surface area contributed by atoms with Crippen molar-refractivity contribution < 1.29 is 18.0 Å². The summed E-state index contributed by atoms with van der Waals surface area (Å²) in [6, 6.07) is 0.873. The number of amides is 1. The van der Waals surface area contributed by atoms with Crippen LogP contribution in [0.15, 0.2) is 12.3 Å². The molecule has 1 aromatic rings. The van der Waals surface area contributed by atoms with Gasteiger partial charge < -0.3 is 16.0 Å². The van der Waals surface area contributed by atoms with Gasteiger partial charge in [0.15, 0.2) is 0 Å². The number of rotatable bonds is 4. The number of piperidine rings is 1. The van der Waals surface area contributed by atoms with E-state index in [4.69, 9.17) is 17.3 Å². The van der Waals surface area contributed by atoms with Gasteiger partial charge in [-0.1, -0.05) is 25.4 Å². The van der Waals surface area contributed by atoms with E-state index >= 15 is 0 Å².